The van der Waals surface area contributed by atoms with Gasteiger partial charge in [0.2, 0.25) is 5.91 Å². The molecule has 4 heteroatoms. The number of hydrogen-bond acceptors (Lipinski definition) is 2. The van der Waals surface area contributed by atoms with E-state index in [9.17, 15) is 4.79 Å². The van der Waals surface area contributed by atoms with Gasteiger partial charge in [-0.25, -0.2) is 0 Å². The number of piperidine rings is 1. The molecule has 1 aliphatic heterocycles. The summed E-state index contributed by atoms with van der Waals surface area (Å²) in [7, 11) is 0. The lowest BCUT2D eigenvalue weighted by Gasteiger charge is -2.28. The Morgan fingerprint density at radius 2 is 1.84 bits per heavy atom. The van der Waals surface area contributed by atoms with E-state index in [0.717, 1.165) is 25.2 Å². The molecule has 0 radical (unpaired) electrons. The first-order chi connectivity index (χ1) is 9.29. The smallest absolute Gasteiger partial charge is 0.224 e. The minimum Gasteiger partial charge on any atom is -0.372 e. The highest BCUT2D eigenvalue weighted by Crippen LogP contribution is 2.21. The largest absolute Gasteiger partial charge is 0.372 e. The maximum Gasteiger partial charge on any atom is 0.224 e. The Balaban J connectivity index is 1.88. The summed E-state index contributed by atoms with van der Waals surface area (Å²) in [4.78, 5) is 14.0. The van der Waals surface area contributed by atoms with Crippen molar-refractivity contribution in [1.82, 2.24) is 0 Å². The van der Waals surface area contributed by atoms with Gasteiger partial charge in [-0.15, -0.1) is 11.6 Å². The zero-order valence-corrected chi connectivity index (χ0v) is 12.0. The fourth-order valence-electron chi connectivity index (χ4n) is 2.36. The summed E-state index contributed by atoms with van der Waals surface area (Å²) in [5.74, 6) is 0.563. The Bertz CT molecular complexity index is 399. The highest BCUT2D eigenvalue weighted by atomic mass is 35.5. The molecular weight excluding hydrogens is 260 g/mol. The lowest BCUT2D eigenvalue weighted by atomic mass is 10.1. The van der Waals surface area contributed by atoms with Gasteiger partial charge in [0.05, 0.1) is 0 Å². The summed E-state index contributed by atoms with van der Waals surface area (Å²) < 4.78 is 0. The molecule has 0 aliphatic carbocycles. The van der Waals surface area contributed by atoms with Gasteiger partial charge >= 0.3 is 0 Å². The monoisotopic (exact) mass is 280 g/mol. The van der Waals surface area contributed by atoms with Crippen LogP contribution in [0.25, 0.3) is 0 Å². The first-order valence-corrected chi connectivity index (χ1v) is 7.54. The zero-order chi connectivity index (χ0) is 13.5. The van der Waals surface area contributed by atoms with E-state index >= 15 is 0 Å². The Hall–Kier alpha value is -1.22. The van der Waals surface area contributed by atoms with Crippen molar-refractivity contribution in [3.8, 4) is 0 Å². The van der Waals surface area contributed by atoms with Crippen LogP contribution in [-0.4, -0.2) is 24.9 Å². The molecule has 0 atom stereocenters. The van der Waals surface area contributed by atoms with Gasteiger partial charge in [0, 0.05) is 36.8 Å². The quantitative estimate of drug-likeness (QED) is 0.835. The molecule has 1 saturated heterocycles. The van der Waals surface area contributed by atoms with Crippen molar-refractivity contribution in [3.63, 3.8) is 0 Å². The number of rotatable bonds is 5. The molecule has 0 unspecified atom stereocenters. The predicted molar refractivity (Wildman–Crippen MR) is 81.1 cm³/mol. The number of carbonyl (C=O) groups is 1. The van der Waals surface area contributed by atoms with E-state index in [4.69, 9.17) is 11.6 Å². The molecule has 1 N–H and O–H groups in total. The fraction of sp³-hybridized carbons (Fsp3) is 0.533. The molecule has 1 amide bonds. The normalized spacial score (nSPS) is 15.3. The zero-order valence-electron chi connectivity index (χ0n) is 11.2. The Labute approximate surface area is 119 Å². The van der Waals surface area contributed by atoms with E-state index in [2.05, 4.69) is 22.3 Å². The Kier molecular flexibility index (Phi) is 5.52. The van der Waals surface area contributed by atoms with Gasteiger partial charge < -0.3 is 10.2 Å². The highest BCUT2D eigenvalue weighted by molar-refractivity contribution is 6.18. The van der Waals surface area contributed by atoms with Crippen LogP contribution in [-0.2, 0) is 4.79 Å². The van der Waals surface area contributed by atoms with E-state index in [1.54, 1.807) is 0 Å². The van der Waals surface area contributed by atoms with E-state index in [1.165, 1.54) is 24.9 Å². The molecule has 1 fully saturated rings. The van der Waals surface area contributed by atoms with Crippen molar-refractivity contribution < 1.29 is 4.79 Å². The van der Waals surface area contributed by atoms with E-state index in [-0.39, 0.29) is 5.91 Å². The number of alkyl halides is 1. The average Bonchev–Trinajstić information content (AvgIpc) is 2.47. The van der Waals surface area contributed by atoms with Crippen LogP contribution in [0.1, 0.15) is 32.1 Å². The third-order valence-corrected chi connectivity index (χ3v) is 3.68. The number of carbonyl (C=O) groups excluding carboxylic acids is 1. The number of hydrogen-bond donors (Lipinski definition) is 1. The van der Waals surface area contributed by atoms with Crippen LogP contribution in [0.15, 0.2) is 24.3 Å². The molecule has 104 valence electrons. The molecule has 0 spiro atoms. The van der Waals surface area contributed by atoms with Crippen LogP contribution in [0.2, 0.25) is 0 Å². The van der Waals surface area contributed by atoms with Crippen molar-refractivity contribution in [3.05, 3.63) is 24.3 Å². The van der Waals surface area contributed by atoms with Crippen molar-refractivity contribution in [2.24, 2.45) is 0 Å². The van der Waals surface area contributed by atoms with Gasteiger partial charge in [0.15, 0.2) is 0 Å². The third kappa shape index (κ3) is 4.43. The first-order valence-electron chi connectivity index (χ1n) is 7.00. The molecular formula is C15H21ClN2O. The second-order valence-electron chi connectivity index (χ2n) is 4.94. The molecule has 1 aromatic rings. The molecule has 0 saturated carbocycles. The average molecular weight is 281 g/mol. The number of anilines is 2. The van der Waals surface area contributed by atoms with E-state index in [0.29, 0.717) is 12.3 Å². The molecule has 1 aromatic carbocycles. The summed E-state index contributed by atoms with van der Waals surface area (Å²) in [5, 5.41) is 2.89. The number of amides is 1. The van der Waals surface area contributed by atoms with Crippen LogP contribution in [0.4, 0.5) is 11.4 Å². The molecule has 0 aromatic heterocycles. The Morgan fingerprint density at radius 1 is 1.16 bits per heavy atom. The summed E-state index contributed by atoms with van der Waals surface area (Å²) >= 11 is 5.57. The van der Waals surface area contributed by atoms with Gasteiger partial charge in [-0.05, 0) is 49.9 Å². The van der Waals surface area contributed by atoms with Gasteiger partial charge in [-0.2, -0.15) is 0 Å². The second kappa shape index (κ2) is 7.39. The third-order valence-electron chi connectivity index (χ3n) is 3.41. The standard InChI is InChI=1S/C15H21ClN2O/c16-10-4-5-15(19)17-13-6-8-14(9-7-13)18-11-2-1-3-12-18/h6-9H,1-5,10-12H2,(H,17,19). The van der Waals surface area contributed by atoms with Gasteiger partial charge in [0.25, 0.3) is 0 Å². The van der Waals surface area contributed by atoms with Crippen molar-refractivity contribution in [2.75, 3.05) is 29.2 Å². The molecule has 3 nitrogen and oxygen atoms in total. The van der Waals surface area contributed by atoms with E-state index in [1.807, 2.05) is 12.1 Å². The second-order valence-corrected chi connectivity index (χ2v) is 5.31. The van der Waals surface area contributed by atoms with Crippen LogP contribution in [0.5, 0.6) is 0 Å². The fourth-order valence-corrected chi connectivity index (χ4v) is 2.49. The summed E-state index contributed by atoms with van der Waals surface area (Å²) in [6.45, 7) is 2.28. The number of benzene rings is 1. The van der Waals surface area contributed by atoms with Gasteiger partial charge in [0.1, 0.15) is 0 Å². The van der Waals surface area contributed by atoms with Crippen LogP contribution < -0.4 is 10.2 Å². The van der Waals surface area contributed by atoms with E-state index < -0.39 is 0 Å². The van der Waals surface area contributed by atoms with Crippen molar-refractivity contribution in [1.29, 1.82) is 0 Å². The summed E-state index contributed by atoms with van der Waals surface area (Å²) in [6, 6.07) is 8.12. The maximum atomic E-state index is 11.6. The lowest BCUT2D eigenvalue weighted by Crippen LogP contribution is -2.29. The van der Waals surface area contributed by atoms with Gasteiger partial charge in [-0.1, -0.05) is 0 Å². The van der Waals surface area contributed by atoms with Crippen LogP contribution in [0.3, 0.4) is 0 Å². The Morgan fingerprint density at radius 3 is 2.47 bits per heavy atom. The van der Waals surface area contributed by atoms with Crippen molar-refractivity contribution >= 4 is 28.9 Å². The summed E-state index contributed by atoms with van der Waals surface area (Å²) in [6.07, 6.45) is 5.09. The molecule has 2 rings (SSSR count). The minimum absolute atomic E-state index is 0.0337. The maximum absolute atomic E-state index is 11.6. The topological polar surface area (TPSA) is 32.3 Å². The molecule has 1 aliphatic rings. The van der Waals surface area contributed by atoms with Crippen LogP contribution in [0, 0.1) is 0 Å². The molecule has 1 heterocycles. The first kappa shape index (κ1) is 14.2. The van der Waals surface area contributed by atoms with Gasteiger partial charge in [-0.3, -0.25) is 4.79 Å². The SMILES string of the molecule is O=C(CCCCl)Nc1ccc(N2CCCCC2)cc1. The predicted octanol–water partition coefficient (Wildman–Crippen LogP) is 3.63. The molecule has 19 heavy (non-hydrogen) atoms. The highest BCUT2D eigenvalue weighted by Gasteiger charge is 2.10. The number of nitrogens with zero attached hydrogens (tertiary/aromatic N) is 1. The minimum atomic E-state index is 0.0337. The number of halogens is 1. The van der Waals surface area contributed by atoms with Crippen LogP contribution >= 0.6 is 11.6 Å². The number of nitrogens with one attached hydrogen (secondary N) is 1. The lowest BCUT2D eigenvalue weighted by molar-refractivity contribution is -0.116. The van der Waals surface area contributed by atoms with Crippen molar-refractivity contribution in [2.45, 2.75) is 32.1 Å². The summed E-state index contributed by atoms with van der Waals surface area (Å²) in [5.41, 5.74) is 2.11. The molecule has 0 bridgehead atoms.